The molecule has 1 aliphatic rings. The van der Waals surface area contributed by atoms with Crippen molar-refractivity contribution in [2.45, 2.75) is 64.1 Å². The molecule has 0 aromatic heterocycles. The summed E-state index contributed by atoms with van der Waals surface area (Å²) >= 11 is 0. The van der Waals surface area contributed by atoms with Gasteiger partial charge in [0.2, 0.25) is 0 Å². The first-order valence-corrected chi connectivity index (χ1v) is 9.80. The molecule has 0 aromatic rings. The van der Waals surface area contributed by atoms with E-state index < -0.39 is 12.7 Å². The SMILES string of the molecule is CCNC(=NCCCOC1CCCCC1)NCCCN(C)CC(F)(F)F.I. The Balaban J connectivity index is 0.00000676. The van der Waals surface area contributed by atoms with Gasteiger partial charge in [0.1, 0.15) is 0 Å². The van der Waals surface area contributed by atoms with Gasteiger partial charge in [-0.15, -0.1) is 24.0 Å². The molecule has 27 heavy (non-hydrogen) atoms. The number of nitrogens with one attached hydrogen (secondary N) is 2. The molecule has 1 saturated carbocycles. The highest BCUT2D eigenvalue weighted by molar-refractivity contribution is 14.0. The molecule has 162 valence electrons. The molecule has 0 unspecified atom stereocenters. The Labute approximate surface area is 178 Å². The third-order valence-corrected chi connectivity index (χ3v) is 4.28. The van der Waals surface area contributed by atoms with E-state index in [4.69, 9.17) is 4.74 Å². The fourth-order valence-electron chi connectivity index (χ4n) is 3.02. The molecule has 1 aliphatic carbocycles. The highest BCUT2D eigenvalue weighted by atomic mass is 127. The Morgan fingerprint density at radius 1 is 1.15 bits per heavy atom. The molecule has 1 rings (SSSR count). The van der Waals surface area contributed by atoms with Crippen LogP contribution in [0.4, 0.5) is 13.2 Å². The fraction of sp³-hybridized carbons (Fsp3) is 0.944. The van der Waals surface area contributed by atoms with Crippen molar-refractivity contribution in [2.24, 2.45) is 4.99 Å². The maximum atomic E-state index is 12.3. The Morgan fingerprint density at radius 2 is 1.85 bits per heavy atom. The van der Waals surface area contributed by atoms with E-state index >= 15 is 0 Å². The number of rotatable bonds is 11. The minimum absolute atomic E-state index is 0. The van der Waals surface area contributed by atoms with Crippen LogP contribution >= 0.6 is 24.0 Å². The average molecular weight is 508 g/mol. The normalized spacial score (nSPS) is 16.3. The van der Waals surface area contributed by atoms with Crippen LogP contribution in [-0.4, -0.2) is 69.5 Å². The summed E-state index contributed by atoms with van der Waals surface area (Å²) in [5, 5.41) is 6.32. The van der Waals surface area contributed by atoms with Gasteiger partial charge in [-0.3, -0.25) is 9.89 Å². The zero-order chi connectivity index (χ0) is 19.3. The number of guanidine groups is 1. The lowest BCUT2D eigenvalue weighted by atomic mass is 9.98. The quantitative estimate of drug-likeness (QED) is 0.193. The molecule has 0 bridgehead atoms. The minimum atomic E-state index is -4.14. The number of alkyl halides is 3. The molecule has 0 spiro atoms. The molecule has 0 amide bonds. The largest absolute Gasteiger partial charge is 0.401 e. The van der Waals surface area contributed by atoms with Crippen LogP contribution in [0.2, 0.25) is 0 Å². The van der Waals surface area contributed by atoms with Gasteiger partial charge < -0.3 is 15.4 Å². The second-order valence-electron chi connectivity index (χ2n) is 6.88. The van der Waals surface area contributed by atoms with Gasteiger partial charge in [0.15, 0.2) is 5.96 Å². The first-order chi connectivity index (χ1) is 12.4. The van der Waals surface area contributed by atoms with Crippen molar-refractivity contribution in [1.82, 2.24) is 15.5 Å². The van der Waals surface area contributed by atoms with E-state index in [1.807, 2.05) is 6.92 Å². The molecular weight excluding hydrogens is 472 g/mol. The Hall–Kier alpha value is -0.290. The number of nitrogens with zero attached hydrogens (tertiary/aromatic N) is 2. The lowest BCUT2D eigenvalue weighted by molar-refractivity contribution is -0.143. The van der Waals surface area contributed by atoms with E-state index in [1.165, 1.54) is 44.1 Å². The molecule has 0 saturated heterocycles. The van der Waals surface area contributed by atoms with E-state index in [9.17, 15) is 13.2 Å². The topological polar surface area (TPSA) is 48.9 Å². The zero-order valence-corrected chi connectivity index (χ0v) is 18.9. The summed E-state index contributed by atoms with van der Waals surface area (Å²) in [7, 11) is 1.49. The van der Waals surface area contributed by atoms with E-state index in [1.54, 1.807) is 0 Å². The summed E-state index contributed by atoms with van der Waals surface area (Å²) in [6.45, 7) is 4.25. The molecule has 0 heterocycles. The lowest BCUT2D eigenvalue weighted by Gasteiger charge is -2.21. The zero-order valence-electron chi connectivity index (χ0n) is 16.6. The standard InChI is InChI=1S/C18H35F3N4O.HI/c1-3-22-17(23-11-7-13-25(2)15-18(19,20)21)24-12-8-14-26-16-9-5-4-6-10-16;/h16H,3-15H2,1-2H3,(H2,22,23,24);1H. The van der Waals surface area contributed by atoms with Crippen molar-refractivity contribution in [1.29, 1.82) is 0 Å². The van der Waals surface area contributed by atoms with Crippen molar-refractivity contribution >= 4 is 29.9 Å². The summed E-state index contributed by atoms with van der Waals surface area (Å²) in [5.74, 6) is 0.712. The third-order valence-electron chi connectivity index (χ3n) is 4.28. The van der Waals surface area contributed by atoms with Gasteiger partial charge in [-0.2, -0.15) is 13.2 Å². The molecule has 0 aromatic carbocycles. The monoisotopic (exact) mass is 508 g/mol. The van der Waals surface area contributed by atoms with Crippen molar-refractivity contribution in [3.05, 3.63) is 0 Å². The molecule has 1 fully saturated rings. The van der Waals surface area contributed by atoms with E-state index in [-0.39, 0.29) is 24.0 Å². The second kappa shape index (κ2) is 15.6. The summed E-state index contributed by atoms with van der Waals surface area (Å²) in [6.07, 6.45) is 4.01. The Kier molecular flexibility index (Phi) is 15.4. The predicted octanol–water partition coefficient (Wildman–Crippen LogP) is 3.78. The molecule has 0 atom stereocenters. The van der Waals surface area contributed by atoms with Gasteiger partial charge in [0.25, 0.3) is 0 Å². The Morgan fingerprint density at radius 3 is 2.48 bits per heavy atom. The van der Waals surface area contributed by atoms with Gasteiger partial charge in [-0.05, 0) is 46.2 Å². The highest BCUT2D eigenvalue weighted by Crippen LogP contribution is 2.20. The van der Waals surface area contributed by atoms with Gasteiger partial charge in [-0.1, -0.05) is 19.3 Å². The van der Waals surface area contributed by atoms with Crippen molar-refractivity contribution < 1.29 is 17.9 Å². The molecule has 2 N–H and O–H groups in total. The number of hydrogen-bond acceptors (Lipinski definition) is 3. The van der Waals surface area contributed by atoms with Gasteiger partial charge in [0.05, 0.1) is 12.6 Å². The van der Waals surface area contributed by atoms with Crippen LogP contribution in [0.1, 0.15) is 51.9 Å². The molecular formula is C18H36F3IN4O. The van der Waals surface area contributed by atoms with Crippen molar-refractivity contribution in [2.75, 3.05) is 46.4 Å². The van der Waals surface area contributed by atoms with Crippen LogP contribution in [0.3, 0.4) is 0 Å². The smallest absolute Gasteiger partial charge is 0.378 e. The summed E-state index contributed by atoms with van der Waals surface area (Å²) in [4.78, 5) is 5.78. The summed E-state index contributed by atoms with van der Waals surface area (Å²) < 4.78 is 42.7. The van der Waals surface area contributed by atoms with Crippen LogP contribution in [-0.2, 0) is 4.74 Å². The van der Waals surface area contributed by atoms with Crippen molar-refractivity contribution in [3.8, 4) is 0 Å². The summed E-state index contributed by atoms with van der Waals surface area (Å²) in [6, 6.07) is 0. The number of halogens is 4. The van der Waals surface area contributed by atoms with Crippen molar-refractivity contribution in [3.63, 3.8) is 0 Å². The summed E-state index contributed by atoms with van der Waals surface area (Å²) in [5.41, 5.74) is 0. The van der Waals surface area contributed by atoms with E-state index in [2.05, 4.69) is 15.6 Å². The number of hydrogen-bond donors (Lipinski definition) is 2. The van der Waals surface area contributed by atoms with Gasteiger partial charge in [-0.25, -0.2) is 0 Å². The second-order valence-corrected chi connectivity index (χ2v) is 6.88. The van der Waals surface area contributed by atoms with E-state index in [0.29, 0.717) is 38.1 Å². The van der Waals surface area contributed by atoms with Crippen LogP contribution in [0.15, 0.2) is 4.99 Å². The van der Waals surface area contributed by atoms with Gasteiger partial charge in [0, 0.05) is 26.2 Å². The van der Waals surface area contributed by atoms with Crippen LogP contribution in [0.25, 0.3) is 0 Å². The van der Waals surface area contributed by atoms with Crippen LogP contribution in [0, 0.1) is 0 Å². The molecule has 0 aliphatic heterocycles. The number of aliphatic imine (C=N–C) groups is 1. The molecule has 5 nitrogen and oxygen atoms in total. The highest BCUT2D eigenvalue weighted by Gasteiger charge is 2.28. The number of ether oxygens (including phenoxy) is 1. The first-order valence-electron chi connectivity index (χ1n) is 9.80. The first kappa shape index (κ1) is 26.7. The third kappa shape index (κ3) is 15.3. The van der Waals surface area contributed by atoms with Gasteiger partial charge >= 0.3 is 6.18 Å². The van der Waals surface area contributed by atoms with E-state index in [0.717, 1.165) is 19.6 Å². The van der Waals surface area contributed by atoms with Crippen LogP contribution < -0.4 is 10.6 Å². The molecule has 0 radical (unpaired) electrons. The maximum absolute atomic E-state index is 12.3. The average Bonchev–Trinajstić information content (AvgIpc) is 2.57. The minimum Gasteiger partial charge on any atom is -0.378 e. The van der Waals surface area contributed by atoms with Crippen LogP contribution in [0.5, 0.6) is 0 Å². The fourth-order valence-corrected chi connectivity index (χ4v) is 3.02. The Bertz CT molecular complexity index is 391. The lowest BCUT2D eigenvalue weighted by Crippen LogP contribution is -2.39. The predicted molar refractivity (Wildman–Crippen MR) is 115 cm³/mol. The molecule has 9 heteroatoms. The maximum Gasteiger partial charge on any atom is 0.401 e.